The third kappa shape index (κ3) is 7.03. The van der Waals surface area contributed by atoms with Crippen molar-refractivity contribution in [3.8, 4) is 0 Å². The first-order valence-electron chi connectivity index (χ1n) is 7.49. The van der Waals surface area contributed by atoms with Crippen LogP contribution in [0.2, 0.25) is 0 Å². The summed E-state index contributed by atoms with van der Waals surface area (Å²) in [4.78, 5) is 0. The number of hydrogen-bond donors (Lipinski definition) is 0. The molecule has 0 aromatic carbocycles. The maximum absolute atomic E-state index is 3.88. The lowest BCUT2D eigenvalue weighted by Crippen LogP contribution is -2.15. The molecule has 106 valence electrons. The van der Waals surface area contributed by atoms with Gasteiger partial charge < -0.3 is 0 Å². The molecule has 0 saturated heterocycles. The average molecular weight is 250 g/mol. The highest BCUT2D eigenvalue weighted by atomic mass is 14.2. The Kier molecular flexibility index (Phi) is 7.59. The molecule has 0 N–H and O–H groups in total. The van der Waals surface area contributed by atoms with Crippen LogP contribution in [0, 0.1) is 29.1 Å². The summed E-state index contributed by atoms with van der Waals surface area (Å²) in [5, 5.41) is 0. The first-order valence-corrected chi connectivity index (χ1v) is 7.49. The second-order valence-electron chi connectivity index (χ2n) is 7.18. The van der Waals surface area contributed by atoms with E-state index in [0.29, 0.717) is 17.3 Å². The Bertz CT molecular complexity index is 257. The van der Waals surface area contributed by atoms with Crippen molar-refractivity contribution in [1.29, 1.82) is 0 Å². The van der Waals surface area contributed by atoms with E-state index in [2.05, 4.69) is 73.3 Å². The fourth-order valence-corrected chi connectivity index (χ4v) is 2.42. The highest BCUT2D eigenvalue weighted by Gasteiger charge is 2.19. The monoisotopic (exact) mass is 250 g/mol. The maximum Gasteiger partial charge on any atom is -0.0234 e. The molecule has 0 aliphatic rings. The molecule has 0 amide bonds. The fourth-order valence-electron chi connectivity index (χ4n) is 2.42. The summed E-state index contributed by atoms with van der Waals surface area (Å²) in [6.07, 6.45) is 9.24. The van der Waals surface area contributed by atoms with Crippen molar-refractivity contribution in [2.24, 2.45) is 29.1 Å². The molecule has 0 fully saturated rings. The van der Waals surface area contributed by atoms with Gasteiger partial charge in [0.1, 0.15) is 0 Å². The van der Waals surface area contributed by atoms with Crippen molar-refractivity contribution < 1.29 is 0 Å². The van der Waals surface area contributed by atoms with Gasteiger partial charge in [-0.3, -0.25) is 0 Å². The predicted octanol–water partition coefficient (Wildman–Crippen LogP) is 6.10. The zero-order chi connectivity index (χ0) is 14.3. The number of rotatable bonds is 8. The van der Waals surface area contributed by atoms with Gasteiger partial charge in [-0.15, -0.1) is 6.58 Å². The van der Waals surface area contributed by atoms with Crippen molar-refractivity contribution >= 4 is 0 Å². The molecule has 0 spiro atoms. The van der Waals surface area contributed by atoms with Crippen LogP contribution in [0.5, 0.6) is 0 Å². The van der Waals surface area contributed by atoms with E-state index in [-0.39, 0.29) is 0 Å². The van der Waals surface area contributed by atoms with Gasteiger partial charge in [0, 0.05) is 0 Å². The van der Waals surface area contributed by atoms with Crippen LogP contribution in [0.25, 0.3) is 0 Å². The fraction of sp³-hybridized carbons (Fsp3) is 0.778. The normalized spacial score (nSPS) is 18.0. The van der Waals surface area contributed by atoms with Crippen LogP contribution in [0.1, 0.15) is 61.3 Å². The largest absolute Gasteiger partial charge is 0.103 e. The number of hydrogen-bond acceptors (Lipinski definition) is 0. The summed E-state index contributed by atoms with van der Waals surface area (Å²) >= 11 is 0. The predicted molar refractivity (Wildman–Crippen MR) is 84.7 cm³/mol. The molecule has 0 aromatic heterocycles. The van der Waals surface area contributed by atoms with E-state index in [9.17, 15) is 0 Å². The Hall–Kier alpha value is -0.520. The van der Waals surface area contributed by atoms with E-state index < -0.39 is 0 Å². The molecule has 0 aromatic rings. The van der Waals surface area contributed by atoms with Gasteiger partial charge >= 0.3 is 0 Å². The van der Waals surface area contributed by atoms with Gasteiger partial charge in [0.15, 0.2) is 0 Å². The molecular weight excluding hydrogens is 216 g/mol. The number of allylic oxidation sites excluding steroid dienone is 3. The van der Waals surface area contributed by atoms with E-state index in [1.54, 1.807) is 0 Å². The van der Waals surface area contributed by atoms with Gasteiger partial charge in [-0.2, -0.15) is 0 Å². The highest BCUT2D eigenvalue weighted by Crippen LogP contribution is 2.30. The first-order chi connectivity index (χ1) is 8.19. The van der Waals surface area contributed by atoms with Gasteiger partial charge in [-0.25, -0.2) is 0 Å². The average Bonchev–Trinajstić information content (AvgIpc) is 2.26. The molecule has 0 bridgehead atoms. The van der Waals surface area contributed by atoms with E-state index in [1.165, 1.54) is 12.8 Å². The molecule has 0 radical (unpaired) electrons. The van der Waals surface area contributed by atoms with Crippen LogP contribution in [-0.2, 0) is 0 Å². The lowest BCUT2D eigenvalue weighted by molar-refractivity contribution is 0.302. The minimum absolute atomic E-state index is 0.380. The standard InChI is InChI=1S/C18H34/c1-9-15(4)13-18(7,8)12-10-11-16(5)17(6)14(2)3/h9-11,14-17H,1,12-13H2,2-8H3. The summed E-state index contributed by atoms with van der Waals surface area (Å²) in [7, 11) is 0. The topological polar surface area (TPSA) is 0 Å². The second-order valence-corrected chi connectivity index (χ2v) is 7.18. The smallest absolute Gasteiger partial charge is 0.0234 e. The minimum atomic E-state index is 0.380. The Labute approximate surface area is 116 Å². The SMILES string of the molecule is C=CC(C)CC(C)(C)CC=CC(C)C(C)C(C)C. The molecule has 0 aliphatic heterocycles. The second kappa shape index (κ2) is 7.81. The van der Waals surface area contributed by atoms with Crippen LogP contribution in [0.3, 0.4) is 0 Å². The van der Waals surface area contributed by atoms with Crippen LogP contribution in [0.15, 0.2) is 24.8 Å². The zero-order valence-corrected chi connectivity index (χ0v) is 13.7. The summed E-state index contributed by atoms with van der Waals surface area (Å²) in [5.41, 5.74) is 0.380. The molecule has 0 aliphatic carbocycles. The Morgan fingerprint density at radius 3 is 2.06 bits per heavy atom. The zero-order valence-electron chi connectivity index (χ0n) is 13.7. The van der Waals surface area contributed by atoms with Crippen molar-refractivity contribution in [3.05, 3.63) is 24.8 Å². The van der Waals surface area contributed by atoms with Gasteiger partial charge in [-0.05, 0) is 41.9 Å². The Balaban J connectivity index is 4.25. The molecule has 0 nitrogen and oxygen atoms in total. The van der Waals surface area contributed by atoms with Crippen LogP contribution in [-0.4, -0.2) is 0 Å². The van der Waals surface area contributed by atoms with E-state index in [4.69, 9.17) is 0 Å². The molecule has 0 saturated carbocycles. The molecule has 18 heavy (non-hydrogen) atoms. The van der Waals surface area contributed by atoms with Gasteiger partial charge in [0.25, 0.3) is 0 Å². The minimum Gasteiger partial charge on any atom is -0.103 e. The van der Waals surface area contributed by atoms with E-state index in [0.717, 1.165) is 11.8 Å². The first kappa shape index (κ1) is 17.5. The third-order valence-electron chi connectivity index (χ3n) is 4.27. The molecular formula is C18H34. The highest BCUT2D eigenvalue weighted by molar-refractivity contribution is 4.93. The van der Waals surface area contributed by atoms with Gasteiger partial charge in [0.2, 0.25) is 0 Å². The lowest BCUT2D eigenvalue weighted by atomic mass is 9.79. The third-order valence-corrected chi connectivity index (χ3v) is 4.27. The lowest BCUT2D eigenvalue weighted by Gasteiger charge is -2.26. The summed E-state index contributed by atoms with van der Waals surface area (Å²) in [5.74, 6) is 2.81. The summed E-state index contributed by atoms with van der Waals surface area (Å²) < 4.78 is 0. The molecule has 0 heterocycles. The van der Waals surface area contributed by atoms with Crippen LogP contribution in [0.4, 0.5) is 0 Å². The van der Waals surface area contributed by atoms with E-state index in [1.807, 2.05) is 0 Å². The molecule has 3 unspecified atom stereocenters. The van der Waals surface area contributed by atoms with Crippen molar-refractivity contribution in [3.63, 3.8) is 0 Å². The Morgan fingerprint density at radius 2 is 1.61 bits per heavy atom. The summed E-state index contributed by atoms with van der Waals surface area (Å²) in [6.45, 7) is 20.1. The van der Waals surface area contributed by atoms with Gasteiger partial charge in [-0.1, -0.05) is 66.7 Å². The van der Waals surface area contributed by atoms with E-state index >= 15 is 0 Å². The summed E-state index contributed by atoms with van der Waals surface area (Å²) in [6, 6.07) is 0. The van der Waals surface area contributed by atoms with Crippen molar-refractivity contribution in [2.45, 2.75) is 61.3 Å². The molecule has 0 heteroatoms. The molecule has 0 rings (SSSR count). The van der Waals surface area contributed by atoms with Gasteiger partial charge in [0.05, 0.1) is 0 Å². The van der Waals surface area contributed by atoms with Crippen LogP contribution < -0.4 is 0 Å². The van der Waals surface area contributed by atoms with Crippen LogP contribution >= 0.6 is 0 Å². The quantitative estimate of drug-likeness (QED) is 0.457. The van der Waals surface area contributed by atoms with Crippen molar-refractivity contribution in [2.75, 3.05) is 0 Å². The Morgan fingerprint density at radius 1 is 1.06 bits per heavy atom. The molecule has 3 atom stereocenters. The maximum atomic E-state index is 3.88. The van der Waals surface area contributed by atoms with Crippen molar-refractivity contribution in [1.82, 2.24) is 0 Å².